The van der Waals surface area contributed by atoms with Gasteiger partial charge >= 0.3 is 0 Å². The van der Waals surface area contributed by atoms with Gasteiger partial charge in [-0.15, -0.1) is 0 Å². The van der Waals surface area contributed by atoms with Crippen molar-refractivity contribution in [3.05, 3.63) is 70.8 Å². The third-order valence-electron chi connectivity index (χ3n) is 4.22. The van der Waals surface area contributed by atoms with Gasteiger partial charge in [-0.25, -0.2) is 23.0 Å². The molecule has 9 heteroatoms. The fourth-order valence-corrected chi connectivity index (χ4v) is 2.69. The van der Waals surface area contributed by atoms with Crippen LogP contribution in [-0.2, 0) is 9.59 Å². The Bertz CT molecular complexity index is 907. The SMILES string of the molecule is O=C(CCCCCNC(=O)/C(=C\c1c(F)cc(F)cc1F)c1ccc(F)cc1)NO. The van der Waals surface area contributed by atoms with Crippen molar-refractivity contribution in [2.45, 2.75) is 25.7 Å². The first-order valence-corrected chi connectivity index (χ1v) is 9.15. The van der Waals surface area contributed by atoms with Crippen molar-refractivity contribution in [1.29, 1.82) is 0 Å². The van der Waals surface area contributed by atoms with Crippen LogP contribution in [0.3, 0.4) is 0 Å². The van der Waals surface area contributed by atoms with Crippen molar-refractivity contribution in [3.63, 3.8) is 0 Å². The van der Waals surface area contributed by atoms with Gasteiger partial charge in [0.1, 0.15) is 23.3 Å². The number of hydrogen-bond acceptors (Lipinski definition) is 3. The molecule has 0 aliphatic rings. The van der Waals surface area contributed by atoms with Gasteiger partial charge in [-0.3, -0.25) is 14.8 Å². The summed E-state index contributed by atoms with van der Waals surface area (Å²) in [5, 5.41) is 11.0. The maximum absolute atomic E-state index is 14.0. The smallest absolute Gasteiger partial charge is 0.251 e. The van der Waals surface area contributed by atoms with E-state index in [2.05, 4.69) is 5.32 Å². The molecule has 2 aromatic rings. The van der Waals surface area contributed by atoms with Gasteiger partial charge in [-0.05, 0) is 36.6 Å². The highest BCUT2D eigenvalue weighted by Gasteiger charge is 2.16. The van der Waals surface area contributed by atoms with E-state index in [-0.39, 0.29) is 24.1 Å². The second-order valence-corrected chi connectivity index (χ2v) is 6.45. The number of benzene rings is 2. The molecule has 160 valence electrons. The van der Waals surface area contributed by atoms with E-state index in [1.807, 2.05) is 0 Å². The van der Waals surface area contributed by atoms with E-state index in [1.54, 1.807) is 0 Å². The molecule has 0 spiro atoms. The van der Waals surface area contributed by atoms with E-state index in [1.165, 1.54) is 17.6 Å². The zero-order valence-corrected chi connectivity index (χ0v) is 15.9. The number of unbranched alkanes of at least 4 members (excludes halogenated alkanes) is 2. The molecule has 0 heterocycles. The summed E-state index contributed by atoms with van der Waals surface area (Å²) in [6.07, 6.45) is 2.67. The predicted molar refractivity (Wildman–Crippen MR) is 102 cm³/mol. The van der Waals surface area contributed by atoms with Gasteiger partial charge in [0.25, 0.3) is 5.91 Å². The molecule has 0 saturated carbocycles. The molecular weight excluding hydrogens is 404 g/mol. The fraction of sp³-hybridized carbons (Fsp3) is 0.238. The highest BCUT2D eigenvalue weighted by atomic mass is 19.1. The first-order valence-electron chi connectivity index (χ1n) is 9.15. The van der Waals surface area contributed by atoms with Crippen molar-refractivity contribution in [2.75, 3.05) is 6.54 Å². The molecule has 2 aromatic carbocycles. The average molecular weight is 424 g/mol. The Morgan fingerprint density at radius 3 is 2.13 bits per heavy atom. The normalized spacial score (nSPS) is 11.3. The third-order valence-corrected chi connectivity index (χ3v) is 4.22. The van der Waals surface area contributed by atoms with E-state index >= 15 is 0 Å². The van der Waals surface area contributed by atoms with Gasteiger partial charge in [0.15, 0.2) is 0 Å². The largest absolute Gasteiger partial charge is 0.352 e. The summed E-state index contributed by atoms with van der Waals surface area (Å²) in [7, 11) is 0. The van der Waals surface area contributed by atoms with E-state index < -0.39 is 40.6 Å². The van der Waals surface area contributed by atoms with Crippen LogP contribution in [0.5, 0.6) is 0 Å². The number of rotatable bonds is 9. The van der Waals surface area contributed by atoms with Crippen LogP contribution < -0.4 is 10.8 Å². The number of carbonyl (C=O) groups excluding carboxylic acids is 2. The van der Waals surface area contributed by atoms with Crippen molar-refractivity contribution in [2.24, 2.45) is 0 Å². The summed E-state index contributed by atoms with van der Waals surface area (Å²) in [6, 6.07) is 5.76. The topological polar surface area (TPSA) is 78.4 Å². The lowest BCUT2D eigenvalue weighted by atomic mass is 10.0. The third kappa shape index (κ3) is 6.70. The Hall–Kier alpha value is -3.20. The van der Waals surface area contributed by atoms with Gasteiger partial charge in [-0.2, -0.15) is 0 Å². The Balaban J connectivity index is 2.16. The minimum Gasteiger partial charge on any atom is -0.352 e. The van der Waals surface area contributed by atoms with Crippen LogP contribution in [0.15, 0.2) is 36.4 Å². The highest BCUT2D eigenvalue weighted by molar-refractivity contribution is 6.24. The van der Waals surface area contributed by atoms with Gasteiger partial charge in [0.05, 0.1) is 0 Å². The number of amides is 2. The van der Waals surface area contributed by atoms with Crippen LogP contribution in [0.1, 0.15) is 36.8 Å². The van der Waals surface area contributed by atoms with Crippen LogP contribution in [0.4, 0.5) is 17.6 Å². The first kappa shape index (κ1) is 23.1. The fourth-order valence-electron chi connectivity index (χ4n) is 2.69. The summed E-state index contributed by atoms with van der Waals surface area (Å²) < 4.78 is 54.4. The number of hydroxylamine groups is 1. The molecule has 2 amide bonds. The number of nitrogens with one attached hydrogen (secondary N) is 2. The number of hydrogen-bond donors (Lipinski definition) is 3. The van der Waals surface area contributed by atoms with Gasteiger partial charge in [0.2, 0.25) is 5.91 Å². The molecule has 0 aliphatic carbocycles. The maximum Gasteiger partial charge on any atom is 0.251 e. The Morgan fingerprint density at radius 1 is 0.900 bits per heavy atom. The molecule has 0 bridgehead atoms. The lowest BCUT2D eigenvalue weighted by Crippen LogP contribution is -2.25. The summed E-state index contributed by atoms with van der Waals surface area (Å²) in [4.78, 5) is 23.5. The Kier molecular flexibility index (Phi) is 8.54. The zero-order chi connectivity index (χ0) is 22.1. The van der Waals surface area contributed by atoms with Gasteiger partial charge < -0.3 is 5.32 Å². The maximum atomic E-state index is 14.0. The van der Waals surface area contributed by atoms with Crippen molar-refractivity contribution in [1.82, 2.24) is 10.8 Å². The molecule has 0 aromatic heterocycles. The van der Waals surface area contributed by atoms with E-state index in [0.717, 1.165) is 18.2 Å². The first-order chi connectivity index (χ1) is 14.3. The monoisotopic (exact) mass is 424 g/mol. The number of halogens is 4. The lowest BCUT2D eigenvalue weighted by Gasteiger charge is -2.11. The van der Waals surface area contributed by atoms with Gasteiger partial charge in [0, 0.05) is 36.2 Å². The van der Waals surface area contributed by atoms with Crippen molar-refractivity contribution < 1.29 is 32.4 Å². The standard InChI is InChI=1S/C21H20F4N2O3/c22-14-7-5-13(6-8-14)16(12-17-18(24)10-15(23)11-19(17)25)21(29)26-9-3-1-2-4-20(28)27-30/h5-8,10-12,30H,1-4,9H2,(H,26,29)(H,27,28)/b16-12-. The predicted octanol–water partition coefficient (Wildman–Crippen LogP) is 3.97. The second kappa shape index (κ2) is 11.1. The molecule has 0 radical (unpaired) electrons. The molecule has 0 fully saturated rings. The molecule has 0 atom stereocenters. The van der Waals surface area contributed by atoms with Crippen LogP contribution >= 0.6 is 0 Å². The number of carbonyl (C=O) groups is 2. The molecule has 0 saturated heterocycles. The summed E-state index contributed by atoms with van der Waals surface area (Å²) in [5.41, 5.74) is 1.02. The summed E-state index contributed by atoms with van der Waals surface area (Å²) in [6.45, 7) is 0.215. The van der Waals surface area contributed by atoms with Crippen LogP contribution in [0.25, 0.3) is 11.6 Å². The Labute approximate surface area is 170 Å². The van der Waals surface area contributed by atoms with Crippen molar-refractivity contribution >= 4 is 23.5 Å². The quantitative estimate of drug-likeness (QED) is 0.142. The van der Waals surface area contributed by atoms with E-state index in [0.29, 0.717) is 31.4 Å². The second-order valence-electron chi connectivity index (χ2n) is 6.45. The van der Waals surface area contributed by atoms with Crippen LogP contribution in [-0.4, -0.2) is 23.6 Å². The molecule has 3 N–H and O–H groups in total. The van der Waals surface area contributed by atoms with Crippen molar-refractivity contribution in [3.8, 4) is 0 Å². The van der Waals surface area contributed by atoms with Gasteiger partial charge in [-0.1, -0.05) is 18.6 Å². The molecule has 0 aliphatic heterocycles. The minimum atomic E-state index is -1.18. The molecular formula is C21H20F4N2O3. The molecule has 30 heavy (non-hydrogen) atoms. The summed E-state index contributed by atoms with van der Waals surface area (Å²) >= 11 is 0. The summed E-state index contributed by atoms with van der Waals surface area (Å²) in [5.74, 6) is -5.17. The molecule has 5 nitrogen and oxygen atoms in total. The minimum absolute atomic E-state index is 0.126. The zero-order valence-electron chi connectivity index (χ0n) is 15.9. The average Bonchev–Trinajstić information content (AvgIpc) is 2.70. The van der Waals surface area contributed by atoms with E-state index in [9.17, 15) is 27.2 Å². The molecule has 2 rings (SSSR count). The Morgan fingerprint density at radius 2 is 1.53 bits per heavy atom. The highest BCUT2D eigenvalue weighted by Crippen LogP contribution is 2.23. The molecule has 0 unspecified atom stereocenters. The van der Waals surface area contributed by atoms with Crippen LogP contribution in [0, 0.1) is 23.3 Å². The lowest BCUT2D eigenvalue weighted by molar-refractivity contribution is -0.129. The van der Waals surface area contributed by atoms with Crippen LogP contribution in [0.2, 0.25) is 0 Å². The van der Waals surface area contributed by atoms with E-state index in [4.69, 9.17) is 5.21 Å².